The number of ether oxygens (including phenoxy) is 2. The number of nitrogens with zero attached hydrogens (tertiary/aromatic N) is 2. The molecule has 0 spiro atoms. The first-order valence-electron chi connectivity index (χ1n) is 6.83. The Morgan fingerprint density at radius 3 is 2.65 bits per heavy atom. The standard InChI is InChI=1S/C15H21N3O2/c1-4-19-13-6-7-15(20-5-2)14(8-13)17-10-12-9-16-11-18(12)3/h6-9,11,17H,4-5,10H2,1-3H3. The topological polar surface area (TPSA) is 48.3 Å². The molecule has 2 aromatic rings. The van der Waals surface area contributed by atoms with Crippen molar-refractivity contribution in [2.45, 2.75) is 20.4 Å². The van der Waals surface area contributed by atoms with Gasteiger partial charge in [-0.25, -0.2) is 4.98 Å². The second-order valence-corrected chi connectivity index (χ2v) is 4.37. The molecule has 0 atom stereocenters. The summed E-state index contributed by atoms with van der Waals surface area (Å²) in [6, 6.07) is 5.81. The molecule has 0 bridgehead atoms. The van der Waals surface area contributed by atoms with Gasteiger partial charge in [0.1, 0.15) is 11.5 Å². The van der Waals surface area contributed by atoms with Crippen LogP contribution in [-0.4, -0.2) is 22.8 Å². The predicted octanol–water partition coefficient (Wildman–Crippen LogP) is 2.83. The van der Waals surface area contributed by atoms with Crippen LogP contribution >= 0.6 is 0 Å². The average molecular weight is 275 g/mol. The minimum atomic E-state index is 0.633. The largest absolute Gasteiger partial charge is 0.494 e. The number of rotatable bonds is 7. The molecule has 0 saturated heterocycles. The van der Waals surface area contributed by atoms with Crippen molar-refractivity contribution in [1.29, 1.82) is 0 Å². The van der Waals surface area contributed by atoms with Crippen LogP contribution in [0.5, 0.6) is 11.5 Å². The molecular formula is C15H21N3O2. The molecule has 0 unspecified atom stereocenters. The van der Waals surface area contributed by atoms with Gasteiger partial charge in [-0.3, -0.25) is 0 Å². The van der Waals surface area contributed by atoms with E-state index in [9.17, 15) is 0 Å². The summed E-state index contributed by atoms with van der Waals surface area (Å²) in [5, 5.41) is 3.37. The van der Waals surface area contributed by atoms with Crippen LogP contribution in [0.4, 0.5) is 5.69 Å². The van der Waals surface area contributed by atoms with Gasteiger partial charge in [-0.1, -0.05) is 0 Å². The van der Waals surface area contributed by atoms with Gasteiger partial charge < -0.3 is 19.4 Å². The Kier molecular flexibility index (Phi) is 4.87. The highest BCUT2D eigenvalue weighted by Gasteiger charge is 2.07. The highest BCUT2D eigenvalue weighted by Crippen LogP contribution is 2.29. The maximum Gasteiger partial charge on any atom is 0.142 e. The molecule has 1 aromatic heterocycles. The van der Waals surface area contributed by atoms with Gasteiger partial charge in [-0.2, -0.15) is 0 Å². The summed E-state index contributed by atoms with van der Waals surface area (Å²) in [7, 11) is 1.98. The van der Waals surface area contributed by atoms with Crippen molar-refractivity contribution in [2.75, 3.05) is 18.5 Å². The lowest BCUT2D eigenvalue weighted by atomic mass is 10.2. The summed E-state index contributed by atoms with van der Waals surface area (Å²) in [6.07, 6.45) is 3.64. The fourth-order valence-electron chi connectivity index (χ4n) is 1.93. The molecule has 1 heterocycles. The fourth-order valence-corrected chi connectivity index (χ4v) is 1.93. The van der Waals surface area contributed by atoms with Crippen LogP contribution in [0.3, 0.4) is 0 Å². The molecule has 0 saturated carbocycles. The Morgan fingerprint density at radius 1 is 1.20 bits per heavy atom. The van der Waals surface area contributed by atoms with E-state index in [4.69, 9.17) is 9.47 Å². The number of aryl methyl sites for hydroxylation is 1. The molecule has 0 amide bonds. The second kappa shape index (κ2) is 6.84. The molecule has 2 rings (SSSR count). The number of imidazole rings is 1. The molecule has 5 nitrogen and oxygen atoms in total. The molecular weight excluding hydrogens is 254 g/mol. The molecule has 1 aromatic carbocycles. The summed E-state index contributed by atoms with van der Waals surface area (Å²) >= 11 is 0. The lowest BCUT2D eigenvalue weighted by Gasteiger charge is -2.14. The summed E-state index contributed by atoms with van der Waals surface area (Å²) < 4.78 is 13.1. The first kappa shape index (κ1) is 14.2. The molecule has 20 heavy (non-hydrogen) atoms. The van der Waals surface area contributed by atoms with Crippen molar-refractivity contribution in [3.8, 4) is 11.5 Å². The van der Waals surface area contributed by atoms with Gasteiger partial charge in [0.2, 0.25) is 0 Å². The Labute approximate surface area is 119 Å². The van der Waals surface area contributed by atoms with Crippen molar-refractivity contribution in [1.82, 2.24) is 9.55 Å². The van der Waals surface area contributed by atoms with Crippen LogP contribution < -0.4 is 14.8 Å². The van der Waals surface area contributed by atoms with Gasteiger partial charge in [0.25, 0.3) is 0 Å². The zero-order valence-corrected chi connectivity index (χ0v) is 12.2. The number of nitrogens with one attached hydrogen (secondary N) is 1. The maximum atomic E-state index is 5.63. The van der Waals surface area contributed by atoms with Gasteiger partial charge in [-0.05, 0) is 26.0 Å². The Morgan fingerprint density at radius 2 is 2.00 bits per heavy atom. The zero-order chi connectivity index (χ0) is 14.4. The fraction of sp³-hybridized carbons (Fsp3) is 0.400. The molecule has 0 aliphatic heterocycles. The molecule has 1 N–H and O–H groups in total. The van der Waals surface area contributed by atoms with E-state index in [-0.39, 0.29) is 0 Å². The van der Waals surface area contributed by atoms with Crippen LogP contribution in [0.15, 0.2) is 30.7 Å². The second-order valence-electron chi connectivity index (χ2n) is 4.37. The monoisotopic (exact) mass is 275 g/mol. The van der Waals surface area contributed by atoms with E-state index in [1.165, 1.54) is 0 Å². The maximum absolute atomic E-state index is 5.63. The van der Waals surface area contributed by atoms with Crippen molar-refractivity contribution >= 4 is 5.69 Å². The van der Waals surface area contributed by atoms with E-state index in [1.54, 1.807) is 6.33 Å². The Bertz CT molecular complexity index is 552. The van der Waals surface area contributed by atoms with Gasteiger partial charge in [0.15, 0.2) is 0 Å². The third-order valence-electron chi connectivity index (χ3n) is 2.94. The predicted molar refractivity (Wildman–Crippen MR) is 79.3 cm³/mol. The SMILES string of the molecule is CCOc1ccc(OCC)c(NCc2cncn2C)c1. The number of hydrogen-bond donors (Lipinski definition) is 1. The minimum Gasteiger partial charge on any atom is -0.494 e. The number of hydrogen-bond acceptors (Lipinski definition) is 4. The summed E-state index contributed by atoms with van der Waals surface area (Å²) in [5.41, 5.74) is 2.04. The molecule has 108 valence electrons. The first-order valence-corrected chi connectivity index (χ1v) is 6.83. The van der Waals surface area contributed by atoms with E-state index in [0.717, 1.165) is 22.9 Å². The van der Waals surface area contributed by atoms with Crippen molar-refractivity contribution in [3.63, 3.8) is 0 Å². The van der Waals surface area contributed by atoms with Crippen LogP contribution in [0.2, 0.25) is 0 Å². The summed E-state index contributed by atoms with van der Waals surface area (Å²) in [6.45, 7) is 5.91. The molecule has 0 fully saturated rings. The number of aromatic nitrogens is 2. The molecule has 0 aliphatic carbocycles. The average Bonchev–Trinajstić information content (AvgIpc) is 2.85. The van der Waals surface area contributed by atoms with E-state index >= 15 is 0 Å². The minimum absolute atomic E-state index is 0.633. The van der Waals surface area contributed by atoms with Crippen LogP contribution in [0.1, 0.15) is 19.5 Å². The van der Waals surface area contributed by atoms with Crippen LogP contribution in [0.25, 0.3) is 0 Å². The Balaban J connectivity index is 2.14. The normalized spacial score (nSPS) is 10.3. The summed E-state index contributed by atoms with van der Waals surface area (Å²) in [5.74, 6) is 1.67. The first-order chi connectivity index (χ1) is 9.74. The molecule has 0 aliphatic rings. The smallest absolute Gasteiger partial charge is 0.142 e. The quantitative estimate of drug-likeness (QED) is 0.844. The third-order valence-corrected chi connectivity index (χ3v) is 2.94. The van der Waals surface area contributed by atoms with Gasteiger partial charge in [0.05, 0.1) is 37.5 Å². The lowest BCUT2D eigenvalue weighted by molar-refractivity contribution is 0.332. The highest BCUT2D eigenvalue weighted by atomic mass is 16.5. The number of benzene rings is 1. The lowest BCUT2D eigenvalue weighted by Crippen LogP contribution is -2.06. The number of anilines is 1. The van der Waals surface area contributed by atoms with Crippen molar-refractivity contribution in [3.05, 3.63) is 36.4 Å². The van der Waals surface area contributed by atoms with Crippen LogP contribution in [0, 0.1) is 0 Å². The zero-order valence-electron chi connectivity index (χ0n) is 12.2. The van der Waals surface area contributed by atoms with E-state index in [0.29, 0.717) is 19.8 Å². The van der Waals surface area contributed by atoms with Crippen molar-refractivity contribution in [2.24, 2.45) is 7.05 Å². The third kappa shape index (κ3) is 3.44. The van der Waals surface area contributed by atoms with Gasteiger partial charge in [0, 0.05) is 19.3 Å². The van der Waals surface area contributed by atoms with Gasteiger partial charge >= 0.3 is 0 Å². The van der Waals surface area contributed by atoms with E-state index in [1.807, 2.05) is 49.9 Å². The highest BCUT2D eigenvalue weighted by molar-refractivity contribution is 5.59. The van der Waals surface area contributed by atoms with Crippen molar-refractivity contribution < 1.29 is 9.47 Å². The van der Waals surface area contributed by atoms with E-state index in [2.05, 4.69) is 10.3 Å². The van der Waals surface area contributed by atoms with E-state index < -0.39 is 0 Å². The summed E-state index contributed by atoms with van der Waals surface area (Å²) in [4.78, 5) is 4.11. The molecule has 5 heteroatoms. The van der Waals surface area contributed by atoms with Gasteiger partial charge in [-0.15, -0.1) is 0 Å². The molecule has 0 radical (unpaired) electrons. The Hall–Kier alpha value is -2.17. The van der Waals surface area contributed by atoms with Crippen LogP contribution in [-0.2, 0) is 13.6 Å².